The van der Waals surface area contributed by atoms with Gasteiger partial charge in [0.1, 0.15) is 0 Å². The van der Waals surface area contributed by atoms with Gasteiger partial charge in [-0.2, -0.15) is 10.3 Å². The molecule has 1 amide bonds. The van der Waals surface area contributed by atoms with E-state index in [1.807, 2.05) is 25.3 Å². The van der Waals surface area contributed by atoms with Gasteiger partial charge < -0.3 is 10.2 Å². The number of likely N-dealkylation sites (tertiary alicyclic amines) is 1. The molecule has 0 aromatic carbocycles. The van der Waals surface area contributed by atoms with Crippen LogP contribution in [0.4, 0.5) is 9.18 Å². The highest BCUT2D eigenvalue weighted by Crippen LogP contribution is 2.41. The molecule has 3 N–H and O–H groups in total. The standard InChI is InChI=1S/C21H29FN4O2S/c1-15-4-5-16(12-24-15)20(2,3)26-11-10-21(14-26,13-25-19(27)28-23)9-8-17-6-7-18(22)29-17/h4-7,12H,8-11,13-14,23H2,1-3H3,(H,25,27). The number of hydrogen-bond donors (Lipinski definition) is 2. The molecule has 0 radical (unpaired) electrons. The monoisotopic (exact) mass is 420 g/mol. The van der Waals surface area contributed by atoms with Gasteiger partial charge in [-0.25, -0.2) is 4.79 Å². The van der Waals surface area contributed by atoms with Crippen molar-refractivity contribution in [2.45, 2.75) is 45.6 Å². The maximum atomic E-state index is 13.4. The number of aromatic nitrogens is 1. The lowest BCUT2D eigenvalue weighted by Crippen LogP contribution is -2.45. The van der Waals surface area contributed by atoms with E-state index in [0.717, 1.165) is 48.5 Å². The van der Waals surface area contributed by atoms with E-state index in [-0.39, 0.29) is 16.1 Å². The summed E-state index contributed by atoms with van der Waals surface area (Å²) in [5.74, 6) is 4.98. The zero-order valence-corrected chi connectivity index (χ0v) is 18.0. The van der Waals surface area contributed by atoms with Crippen molar-refractivity contribution in [3.8, 4) is 0 Å². The highest BCUT2D eigenvalue weighted by molar-refractivity contribution is 7.10. The van der Waals surface area contributed by atoms with E-state index in [1.54, 1.807) is 0 Å². The van der Waals surface area contributed by atoms with Gasteiger partial charge >= 0.3 is 6.09 Å². The average molecular weight is 421 g/mol. The van der Waals surface area contributed by atoms with Gasteiger partial charge in [-0.05, 0) is 70.3 Å². The third-order valence-electron chi connectivity index (χ3n) is 6.09. The summed E-state index contributed by atoms with van der Waals surface area (Å²) in [7, 11) is 0. The summed E-state index contributed by atoms with van der Waals surface area (Å²) < 4.78 is 13.4. The van der Waals surface area contributed by atoms with Crippen LogP contribution >= 0.6 is 11.3 Å². The number of aryl methyl sites for hydroxylation is 2. The lowest BCUT2D eigenvalue weighted by Gasteiger charge is -2.38. The van der Waals surface area contributed by atoms with Crippen molar-refractivity contribution >= 4 is 17.4 Å². The number of nitrogens with zero attached hydrogens (tertiary/aromatic N) is 2. The molecular weight excluding hydrogens is 391 g/mol. The minimum Gasteiger partial charge on any atom is -0.357 e. The van der Waals surface area contributed by atoms with Gasteiger partial charge in [-0.1, -0.05) is 6.07 Å². The maximum Gasteiger partial charge on any atom is 0.425 e. The molecule has 1 aliphatic heterocycles. The summed E-state index contributed by atoms with van der Waals surface area (Å²) in [6, 6.07) is 7.50. The second-order valence-corrected chi connectivity index (χ2v) is 9.50. The maximum absolute atomic E-state index is 13.4. The number of thiophene rings is 1. The van der Waals surface area contributed by atoms with E-state index in [2.05, 4.69) is 40.0 Å². The first kappa shape index (κ1) is 21.7. The molecule has 8 heteroatoms. The van der Waals surface area contributed by atoms with Gasteiger partial charge in [-0.3, -0.25) is 9.88 Å². The first-order valence-corrected chi connectivity index (χ1v) is 10.6. The van der Waals surface area contributed by atoms with Crippen LogP contribution < -0.4 is 11.2 Å². The fourth-order valence-corrected chi connectivity index (χ4v) is 4.76. The van der Waals surface area contributed by atoms with E-state index < -0.39 is 6.09 Å². The molecule has 158 valence electrons. The van der Waals surface area contributed by atoms with Crippen LogP contribution in [0.15, 0.2) is 30.5 Å². The summed E-state index contributed by atoms with van der Waals surface area (Å²) in [6.07, 6.45) is 3.85. The van der Waals surface area contributed by atoms with Gasteiger partial charge in [-0.15, -0.1) is 11.3 Å². The van der Waals surface area contributed by atoms with Crippen LogP contribution in [0, 0.1) is 17.5 Å². The Morgan fingerprint density at radius 3 is 2.83 bits per heavy atom. The van der Waals surface area contributed by atoms with E-state index in [1.165, 1.54) is 17.4 Å². The Bertz CT molecular complexity index is 839. The van der Waals surface area contributed by atoms with Crippen molar-refractivity contribution in [3.05, 3.63) is 51.7 Å². The van der Waals surface area contributed by atoms with Gasteiger partial charge in [0.2, 0.25) is 0 Å². The number of pyridine rings is 1. The number of amides is 1. The molecule has 3 rings (SSSR count). The molecule has 2 aromatic rings. The summed E-state index contributed by atoms with van der Waals surface area (Å²) in [5, 5.41) is 2.61. The summed E-state index contributed by atoms with van der Waals surface area (Å²) in [6.45, 7) is 8.56. The molecule has 0 bridgehead atoms. The molecule has 6 nitrogen and oxygen atoms in total. The third-order valence-corrected chi connectivity index (χ3v) is 7.03. The molecule has 3 heterocycles. The molecule has 1 unspecified atom stereocenters. The normalized spacial score (nSPS) is 20.0. The summed E-state index contributed by atoms with van der Waals surface area (Å²) in [5.41, 5.74) is 1.83. The van der Waals surface area contributed by atoms with Crippen molar-refractivity contribution in [3.63, 3.8) is 0 Å². The zero-order valence-electron chi connectivity index (χ0n) is 17.2. The SMILES string of the molecule is Cc1ccc(C(C)(C)N2CCC(CCc3ccc(F)s3)(CNC(=O)ON)C2)cn1. The van der Waals surface area contributed by atoms with Crippen molar-refractivity contribution < 1.29 is 14.0 Å². The van der Waals surface area contributed by atoms with Gasteiger partial charge in [0, 0.05) is 40.8 Å². The van der Waals surface area contributed by atoms with Crippen LogP contribution in [0.3, 0.4) is 0 Å². The summed E-state index contributed by atoms with van der Waals surface area (Å²) >= 11 is 1.18. The summed E-state index contributed by atoms with van der Waals surface area (Å²) in [4.78, 5) is 23.8. The zero-order chi connectivity index (χ0) is 21.1. The number of carbonyl (C=O) groups is 1. The first-order valence-electron chi connectivity index (χ1n) is 9.81. The minimum absolute atomic E-state index is 0.135. The van der Waals surface area contributed by atoms with Crippen molar-refractivity contribution in [2.75, 3.05) is 19.6 Å². The van der Waals surface area contributed by atoms with Crippen LogP contribution in [0.2, 0.25) is 0 Å². The van der Waals surface area contributed by atoms with Crippen molar-refractivity contribution in [1.82, 2.24) is 15.2 Å². The Hall–Kier alpha value is -2.03. The third kappa shape index (κ3) is 5.12. The molecule has 1 fully saturated rings. The number of rotatable bonds is 7. The van der Waals surface area contributed by atoms with E-state index >= 15 is 0 Å². The molecule has 0 aliphatic carbocycles. The number of nitrogens with one attached hydrogen (secondary N) is 1. The first-order chi connectivity index (χ1) is 13.7. The Balaban J connectivity index is 1.75. The highest BCUT2D eigenvalue weighted by atomic mass is 32.1. The Morgan fingerprint density at radius 2 is 2.21 bits per heavy atom. The number of carbonyl (C=O) groups excluding carboxylic acids is 1. The van der Waals surface area contributed by atoms with Gasteiger partial charge in [0.05, 0.1) is 0 Å². The quantitative estimate of drug-likeness (QED) is 0.667. The Labute approximate surface area is 175 Å². The predicted octanol–water partition coefficient (Wildman–Crippen LogP) is 3.75. The van der Waals surface area contributed by atoms with Crippen molar-refractivity contribution in [2.24, 2.45) is 11.3 Å². The molecule has 29 heavy (non-hydrogen) atoms. The molecule has 1 atom stereocenters. The minimum atomic E-state index is -0.632. The highest BCUT2D eigenvalue weighted by Gasteiger charge is 2.43. The molecule has 1 saturated heterocycles. The van der Waals surface area contributed by atoms with Gasteiger partial charge in [0.15, 0.2) is 5.13 Å². The van der Waals surface area contributed by atoms with Gasteiger partial charge in [0.25, 0.3) is 0 Å². The molecule has 2 aromatic heterocycles. The smallest absolute Gasteiger partial charge is 0.357 e. The molecular formula is C21H29FN4O2S. The fourth-order valence-electron chi connectivity index (χ4n) is 4.04. The molecule has 1 aliphatic rings. The van der Waals surface area contributed by atoms with Crippen molar-refractivity contribution in [1.29, 1.82) is 0 Å². The number of hydrogen-bond acceptors (Lipinski definition) is 6. The van der Waals surface area contributed by atoms with Crippen LogP contribution in [0.25, 0.3) is 0 Å². The largest absolute Gasteiger partial charge is 0.425 e. The second kappa shape index (κ2) is 8.77. The van der Waals surface area contributed by atoms with Crippen LogP contribution in [-0.2, 0) is 16.8 Å². The van der Waals surface area contributed by atoms with Crippen LogP contribution in [-0.4, -0.2) is 35.6 Å². The van der Waals surface area contributed by atoms with Crippen LogP contribution in [0.1, 0.15) is 42.8 Å². The van der Waals surface area contributed by atoms with E-state index in [4.69, 9.17) is 5.90 Å². The molecule has 0 saturated carbocycles. The van der Waals surface area contributed by atoms with Crippen LogP contribution in [0.5, 0.6) is 0 Å². The lowest BCUT2D eigenvalue weighted by molar-refractivity contribution is 0.119. The van der Waals surface area contributed by atoms with E-state index in [0.29, 0.717) is 6.54 Å². The Morgan fingerprint density at radius 1 is 1.41 bits per heavy atom. The fraction of sp³-hybridized carbons (Fsp3) is 0.524. The second-order valence-electron chi connectivity index (χ2n) is 8.38. The predicted molar refractivity (Wildman–Crippen MR) is 112 cm³/mol. The Kier molecular flexibility index (Phi) is 6.55. The number of nitrogens with two attached hydrogens (primary N) is 1. The molecule has 0 spiro atoms. The topological polar surface area (TPSA) is 80.5 Å². The van der Waals surface area contributed by atoms with E-state index in [9.17, 15) is 9.18 Å². The number of halogens is 1. The lowest BCUT2D eigenvalue weighted by atomic mass is 9.81. The average Bonchev–Trinajstić information content (AvgIpc) is 3.32.